The molecule has 1 aliphatic heterocycles. The van der Waals surface area contributed by atoms with Crippen molar-refractivity contribution in [3.05, 3.63) is 11.1 Å². The van der Waals surface area contributed by atoms with Gasteiger partial charge in [0.05, 0.1) is 6.20 Å². The van der Waals surface area contributed by atoms with Crippen LogP contribution < -0.4 is 11.1 Å². The zero-order valence-corrected chi connectivity index (χ0v) is 11.7. The highest BCUT2D eigenvalue weighted by molar-refractivity contribution is 7.17. The minimum atomic E-state index is -0.236. The van der Waals surface area contributed by atoms with E-state index in [9.17, 15) is 4.79 Å². The molecular formula is C12H20N4OS. The van der Waals surface area contributed by atoms with Gasteiger partial charge in [-0.15, -0.1) is 0 Å². The van der Waals surface area contributed by atoms with E-state index in [0.29, 0.717) is 10.0 Å². The Bertz CT molecular complexity index is 423. The number of rotatable bonds is 4. The number of hydrogen-bond acceptors (Lipinski definition) is 5. The molecule has 1 saturated heterocycles. The van der Waals surface area contributed by atoms with Crippen molar-refractivity contribution in [1.82, 2.24) is 15.2 Å². The number of carbonyl (C=O) groups excluding carboxylic acids is 1. The summed E-state index contributed by atoms with van der Waals surface area (Å²) >= 11 is 1.22. The van der Waals surface area contributed by atoms with Crippen molar-refractivity contribution in [3.8, 4) is 0 Å². The highest BCUT2D eigenvalue weighted by Crippen LogP contribution is 2.17. The first-order valence-corrected chi connectivity index (χ1v) is 7.04. The zero-order valence-electron chi connectivity index (χ0n) is 10.9. The summed E-state index contributed by atoms with van der Waals surface area (Å²) in [4.78, 5) is 18.9. The number of anilines is 1. The van der Waals surface area contributed by atoms with Crippen molar-refractivity contribution in [2.24, 2.45) is 0 Å². The fourth-order valence-electron chi connectivity index (χ4n) is 2.30. The van der Waals surface area contributed by atoms with Gasteiger partial charge in [-0.25, -0.2) is 4.98 Å². The largest absolute Gasteiger partial charge is 0.375 e. The van der Waals surface area contributed by atoms with Crippen molar-refractivity contribution in [2.45, 2.75) is 32.2 Å². The summed E-state index contributed by atoms with van der Waals surface area (Å²) in [6.45, 7) is 7.24. The van der Waals surface area contributed by atoms with Crippen molar-refractivity contribution in [2.75, 3.05) is 25.4 Å². The predicted octanol–water partition coefficient (Wildman–Crippen LogP) is 1.33. The third kappa shape index (κ3) is 3.43. The van der Waals surface area contributed by atoms with Gasteiger partial charge in [0.25, 0.3) is 5.91 Å². The van der Waals surface area contributed by atoms with Crippen LogP contribution in [0.3, 0.4) is 0 Å². The lowest BCUT2D eigenvalue weighted by Crippen LogP contribution is -2.50. The molecule has 18 heavy (non-hydrogen) atoms. The van der Waals surface area contributed by atoms with Crippen LogP contribution in [0.5, 0.6) is 0 Å². The van der Waals surface area contributed by atoms with E-state index in [2.05, 4.69) is 15.2 Å². The van der Waals surface area contributed by atoms with Crippen molar-refractivity contribution >= 4 is 22.4 Å². The smallest absolute Gasteiger partial charge is 0.263 e. The minimum absolute atomic E-state index is 0.0894. The van der Waals surface area contributed by atoms with Gasteiger partial charge in [-0.2, -0.15) is 0 Å². The number of nitrogen functional groups attached to an aromatic ring is 1. The summed E-state index contributed by atoms with van der Waals surface area (Å²) in [6, 6.07) is 0. The monoisotopic (exact) mass is 268 g/mol. The Morgan fingerprint density at radius 1 is 1.56 bits per heavy atom. The summed E-state index contributed by atoms with van der Waals surface area (Å²) in [5.74, 6) is -0.0894. The van der Waals surface area contributed by atoms with E-state index in [-0.39, 0.29) is 11.4 Å². The van der Waals surface area contributed by atoms with Gasteiger partial charge >= 0.3 is 0 Å². The topological polar surface area (TPSA) is 71.2 Å². The summed E-state index contributed by atoms with van der Waals surface area (Å²) in [5, 5.41) is 3.48. The van der Waals surface area contributed by atoms with Gasteiger partial charge in [0, 0.05) is 12.1 Å². The Hall–Kier alpha value is -1.14. The number of aromatic nitrogens is 1. The maximum Gasteiger partial charge on any atom is 0.263 e. The molecule has 2 heterocycles. The third-order valence-corrected chi connectivity index (χ3v) is 3.84. The number of nitrogens with zero attached hydrogens (tertiary/aromatic N) is 2. The van der Waals surface area contributed by atoms with Crippen molar-refractivity contribution in [1.29, 1.82) is 0 Å². The highest BCUT2D eigenvalue weighted by Gasteiger charge is 2.26. The van der Waals surface area contributed by atoms with E-state index >= 15 is 0 Å². The van der Waals surface area contributed by atoms with Crippen LogP contribution in [-0.2, 0) is 0 Å². The second-order valence-corrected chi connectivity index (χ2v) is 6.45. The highest BCUT2D eigenvalue weighted by atomic mass is 32.1. The second kappa shape index (κ2) is 5.24. The maximum absolute atomic E-state index is 12.0. The number of nitrogens with one attached hydrogen (secondary N) is 1. The number of likely N-dealkylation sites (tertiary alicyclic amines) is 1. The predicted molar refractivity (Wildman–Crippen MR) is 73.7 cm³/mol. The fraction of sp³-hybridized carbons (Fsp3) is 0.667. The number of amides is 1. The molecule has 0 aromatic carbocycles. The van der Waals surface area contributed by atoms with Gasteiger partial charge in [0.1, 0.15) is 4.88 Å². The first kappa shape index (κ1) is 13.3. The van der Waals surface area contributed by atoms with Crippen LogP contribution in [0, 0.1) is 0 Å². The van der Waals surface area contributed by atoms with Gasteiger partial charge in [-0.05, 0) is 39.8 Å². The van der Waals surface area contributed by atoms with Gasteiger partial charge in [0.2, 0.25) is 0 Å². The molecule has 0 bridgehead atoms. The minimum Gasteiger partial charge on any atom is -0.375 e. The van der Waals surface area contributed by atoms with Crippen LogP contribution in [-0.4, -0.2) is 41.0 Å². The van der Waals surface area contributed by atoms with E-state index in [0.717, 1.165) is 19.6 Å². The van der Waals surface area contributed by atoms with Gasteiger partial charge in [0.15, 0.2) is 5.13 Å². The molecule has 0 unspecified atom stereocenters. The van der Waals surface area contributed by atoms with Crippen LogP contribution in [0.15, 0.2) is 6.20 Å². The molecule has 1 fully saturated rings. The molecule has 0 spiro atoms. The average Bonchev–Trinajstić information content (AvgIpc) is 2.87. The zero-order chi connectivity index (χ0) is 13.2. The normalized spacial score (nSPS) is 17.0. The lowest BCUT2D eigenvalue weighted by atomic mass is 10.0. The van der Waals surface area contributed by atoms with Crippen LogP contribution in [0.25, 0.3) is 0 Å². The molecule has 0 aliphatic carbocycles. The standard InChI is InChI=1S/C12H20N4OS/c1-12(2,8-16-5-3-4-6-16)15-10(17)9-7-14-11(13)18-9/h7H,3-6,8H2,1-2H3,(H2,13,14)(H,15,17). The number of hydrogen-bond donors (Lipinski definition) is 2. The summed E-state index contributed by atoms with van der Waals surface area (Å²) in [6.07, 6.45) is 4.05. The number of thiazole rings is 1. The van der Waals surface area contributed by atoms with Crippen LogP contribution >= 0.6 is 11.3 Å². The molecule has 0 radical (unpaired) electrons. The molecule has 1 aromatic heterocycles. The Morgan fingerprint density at radius 2 is 2.22 bits per heavy atom. The van der Waals surface area contributed by atoms with Crippen LogP contribution in [0.4, 0.5) is 5.13 Å². The third-order valence-electron chi connectivity index (χ3n) is 3.02. The summed E-state index contributed by atoms with van der Waals surface area (Å²) in [7, 11) is 0. The van der Waals surface area contributed by atoms with Crippen molar-refractivity contribution in [3.63, 3.8) is 0 Å². The van der Waals surface area contributed by atoms with Crippen LogP contribution in [0.2, 0.25) is 0 Å². The molecule has 1 aliphatic rings. The van der Waals surface area contributed by atoms with Crippen LogP contribution in [0.1, 0.15) is 36.4 Å². The fourth-order valence-corrected chi connectivity index (χ4v) is 2.88. The molecule has 1 amide bonds. The Morgan fingerprint density at radius 3 is 2.78 bits per heavy atom. The molecule has 3 N–H and O–H groups in total. The molecule has 6 heteroatoms. The molecule has 5 nitrogen and oxygen atoms in total. The van der Waals surface area contributed by atoms with Gasteiger partial charge < -0.3 is 16.0 Å². The Kier molecular flexibility index (Phi) is 3.87. The lowest BCUT2D eigenvalue weighted by Gasteiger charge is -2.30. The van der Waals surface area contributed by atoms with Gasteiger partial charge in [-0.1, -0.05) is 11.3 Å². The summed E-state index contributed by atoms with van der Waals surface area (Å²) in [5.41, 5.74) is 5.30. The number of nitrogens with two attached hydrogens (primary N) is 1. The first-order valence-electron chi connectivity index (χ1n) is 6.22. The molecule has 100 valence electrons. The number of carbonyl (C=O) groups is 1. The summed E-state index contributed by atoms with van der Waals surface area (Å²) < 4.78 is 0. The van der Waals surface area contributed by atoms with E-state index in [1.807, 2.05) is 13.8 Å². The van der Waals surface area contributed by atoms with Gasteiger partial charge in [-0.3, -0.25) is 4.79 Å². The first-order chi connectivity index (χ1) is 8.46. The Labute approximate surface area is 111 Å². The van der Waals surface area contributed by atoms with Crippen molar-refractivity contribution < 1.29 is 4.79 Å². The molecular weight excluding hydrogens is 248 g/mol. The molecule has 2 rings (SSSR count). The van der Waals surface area contributed by atoms with E-state index in [1.165, 1.54) is 30.4 Å². The van der Waals surface area contributed by atoms with E-state index < -0.39 is 0 Å². The maximum atomic E-state index is 12.0. The average molecular weight is 268 g/mol. The van der Waals surface area contributed by atoms with E-state index in [4.69, 9.17) is 5.73 Å². The quantitative estimate of drug-likeness (QED) is 0.864. The SMILES string of the molecule is CC(C)(CN1CCCC1)NC(=O)c1cnc(N)s1. The molecule has 0 saturated carbocycles. The lowest BCUT2D eigenvalue weighted by molar-refractivity contribution is 0.0898. The van der Waals surface area contributed by atoms with E-state index in [1.54, 1.807) is 0 Å². The Balaban J connectivity index is 1.92. The molecule has 1 aromatic rings. The second-order valence-electron chi connectivity index (χ2n) is 5.38. The molecule has 0 atom stereocenters.